The Kier molecular flexibility index (Phi) is 5.61. The molecule has 0 saturated heterocycles. The van der Waals surface area contributed by atoms with Gasteiger partial charge < -0.3 is 4.74 Å². The zero-order valence-electron chi connectivity index (χ0n) is 9.88. The topological polar surface area (TPSA) is 47.6 Å². The molecule has 0 spiro atoms. The number of amides is 1. The van der Waals surface area contributed by atoms with Gasteiger partial charge >= 0.3 is 6.18 Å². The van der Waals surface area contributed by atoms with Crippen LogP contribution in [0.3, 0.4) is 0 Å². The smallest absolute Gasteiger partial charge is 0.414 e. The average molecular weight is 342 g/mol. The Hall–Kier alpha value is -1.28. The molecule has 1 rings (SSSR count). The van der Waals surface area contributed by atoms with Crippen molar-refractivity contribution in [3.05, 3.63) is 28.2 Å². The first-order valence-corrected chi connectivity index (χ1v) is 5.93. The normalized spacial score (nSPS) is 11.2. The van der Waals surface area contributed by atoms with Gasteiger partial charge in [0.1, 0.15) is 5.75 Å². The minimum Gasteiger partial charge on any atom is -0.483 e. The summed E-state index contributed by atoms with van der Waals surface area (Å²) in [5.74, 6) is -0.395. The lowest BCUT2D eigenvalue weighted by molar-refractivity contribution is -0.192. The zero-order valence-corrected chi connectivity index (χ0v) is 11.5. The maximum absolute atomic E-state index is 11.7. The fourth-order valence-corrected chi connectivity index (χ4v) is 1.70. The van der Waals surface area contributed by atoms with Crippen LogP contribution in [0.5, 0.6) is 5.75 Å². The maximum Gasteiger partial charge on any atom is 0.414 e. The van der Waals surface area contributed by atoms with Crippen molar-refractivity contribution in [2.45, 2.75) is 13.1 Å². The summed E-state index contributed by atoms with van der Waals surface area (Å²) in [6, 6.07) is 5.20. The van der Waals surface area contributed by atoms with Crippen LogP contribution in [-0.4, -0.2) is 25.3 Å². The first-order valence-electron chi connectivity index (χ1n) is 5.14. The largest absolute Gasteiger partial charge is 0.483 e. The van der Waals surface area contributed by atoms with Gasteiger partial charge in [-0.2, -0.15) is 13.2 Å². The fraction of sp³-hybridized carbons (Fsp3) is 0.364. The highest BCUT2D eigenvalue weighted by Gasteiger charge is 2.28. The molecule has 106 valence electrons. The van der Waals surface area contributed by atoms with Crippen molar-refractivity contribution in [3.8, 4) is 5.75 Å². The Balaban J connectivity index is 2.34. The summed E-state index contributed by atoms with van der Waals surface area (Å²) in [6.07, 6.45) is -4.49. The van der Waals surface area contributed by atoms with E-state index in [-0.39, 0.29) is 0 Å². The van der Waals surface area contributed by atoms with E-state index in [0.29, 0.717) is 10.2 Å². The summed E-state index contributed by atoms with van der Waals surface area (Å²) in [5.41, 5.74) is 2.64. The van der Waals surface area contributed by atoms with Crippen LogP contribution >= 0.6 is 15.9 Å². The van der Waals surface area contributed by atoms with Gasteiger partial charge in [-0.25, -0.2) is 5.48 Å². The quantitative estimate of drug-likeness (QED) is 0.837. The van der Waals surface area contributed by atoms with Gasteiger partial charge in [0.15, 0.2) is 13.2 Å². The molecule has 0 unspecified atom stereocenters. The van der Waals surface area contributed by atoms with Crippen molar-refractivity contribution in [1.29, 1.82) is 0 Å². The van der Waals surface area contributed by atoms with E-state index in [2.05, 4.69) is 20.8 Å². The van der Waals surface area contributed by atoms with Crippen LogP contribution in [0.2, 0.25) is 0 Å². The van der Waals surface area contributed by atoms with Gasteiger partial charge in [0.25, 0.3) is 5.91 Å². The van der Waals surface area contributed by atoms with E-state index in [4.69, 9.17) is 4.74 Å². The molecule has 0 heterocycles. The fourth-order valence-electron chi connectivity index (χ4n) is 1.09. The highest BCUT2D eigenvalue weighted by Crippen LogP contribution is 2.25. The molecule has 1 aromatic rings. The van der Waals surface area contributed by atoms with Crippen LogP contribution in [0.1, 0.15) is 5.56 Å². The Bertz CT molecular complexity index is 451. The lowest BCUT2D eigenvalue weighted by Gasteiger charge is -2.10. The molecule has 0 aliphatic rings. The minimum atomic E-state index is -4.49. The third-order valence-corrected chi connectivity index (χ3v) is 2.49. The summed E-state index contributed by atoms with van der Waals surface area (Å²) >= 11 is 3.24. The van der Waals surface area contributed by atoms with Crippen LogP contribution in [0.25, 0.3) is 0 Å². The second kappa shape index (κ2) is 6.76. The number of halogens is 4. The first kappa shape index (κ1) is 15.8. The average Bonchev–Trinajstić information content (AvgIpc) is 2.26. The third kappa shape index (κ3) is 6.44. The molecule has 0 aliphatic heterocycles. The highest BCUT2D eigenvalue weighted by molar-refractivity contribution is 9.10. The van der Waals surface area contributed by atoms with Gasteiger partial charge in [0.2, 0.25) is 0 Å². The number of alkyl halides is 3. The molecule has 19 heavy (non-hydrogen) atoms. The second-order valence-corrected chi connectivity index (χ2v) is 4.51. The van der Waals surface area contributed by atoms with Crippen LogP contribution in [0.4, 0.5) is 13.2 Å². The second-order valence-electron chi connectivity index (χ2n) is 3.65. The van der Waals surface area contributed by atoms with Crippen LogP contribution in [0.15, 0.2) is 22.7 Å². The molecule has 0 saturated carbocycles. The van der Waals surface area contributed by atoms with E-state index in [1.165, 1.54) is 0 Å². The lowest BCUT2D eigenvalue weighted by Crippen LogP contribution is -2.32. The molecule has 0 aliphatic carbocycles. The number of hydroxylamine groups is 1. The van der Waals surface area contributed by atoms with Crippen molar-refractivity contribution >= 4 is 21.8 Å². The number of hydrogen-bond acceptors (Lipinski definition) is 3. The summed E-state index contributed by atoms with van der Waals surface area (Å²) < 4.78 is 41.0. The SMILES string of the molecule is Cc1ccc(OCC(=O)NOCC(F)(F)F)c(Br)c1. The van der Waals surface area contributed by atoms with Gasteiger partial charge in [-0.3, -0.25) is 9.63 Å². The van der Waals surface area contributed by atoms with Crippen molar-refractivity contribution in [2.75, 3.05) is 13.2 Å². The predicted molar refractivity (Wildman–Crippen MR) is 64.5 cm³/mol. The number of ether oxygens (including phenoxy) is 1. The monoisotopic (exact) mass is 341 g/mol. The summed E-state index contributed by atoms with van der Waals surface area (Å²) in [6.45, 7) is -0.112. The van der Waals surface area contributed by atoms with Gasteiger partial charge in [0, 0.05) is 0 Å². The third-order valence-electron chi connectivity index (χ3n) is 1.87. The lowest BCUT2D eigenvalue weighted by atomic mass is 10.2. The van der Waals surface area contributed by atoms with E-state index < -0.39 is 25.3 Å². The molecule has 0 bridgehead atoms. The number of aryl methyl sites for hydroxylation is 1. The number of nitrogens with one attached hydrogen (secondary N) is 1. The van der Waals surface area contributed by atoms with Crippen molar-refractivity contribution in [2.24, 2.45) is 0 Å². The van der Waals surface area contributed by atoms with Gasteiger partial charge in [-0.15, -0.1) is 0 Å². The zero-order chi connectivity index (χ0) is 14.5. The molecule has 4 nitrogen and oxygen atoms in total. The van der Waals surface area contributed by atoms with Crippen molar-refractivity contribution in [1.82, 2.24) is 5.48 Å². The Morgan fingerprint density at radius 1 is 1.42 bits per heavy atom. The van der Waals surface area contributed by atoms with E-state index >= 15 is 0 Å². The van der Waals surface area contributed by atoms with Crippen LogP contribution in [-0.2, 0) is 9.63 Å². The molecule has 1 amide bonds. The van der Waals surface area contributed by atoms with Crippen molar-refractivity contribution < 1.29 is 27.5 Å². The molecule has 0 aromatic heterocycles. The minimum absolute atomic E-state index is 0.413. The molecular formula is C11H11BrF3NO3. The van der Waals surface area contributed by atoms with E-state index in [9.17, 15) is 18.0 Å². The first-order chi connectivity index (χ1) is 8.78. The maximum atomic E-state index is 11.7. The van der Waals surface area contributed by atoms with Gasteiger partial charge in [-0.1, -0.05) is 6.07 Å². The van der Waals surface area contributed by atoms with E-state index in [0.717, 1.165) is 5.56 Å². The van der Waals surface area contributed by atoms with Crippen LogP contribution in [0, 0.1) is 6.92 Å². The molecule has 0 radical (unpaired) electrons. The molecular weight excluding hydrogens is 331 g/mol. The molecule has 8 heteroatoms. The number of hydrogen-bond donors (Lipinski definition) is 1. The van der Waals surface area contributed by atoms with E-state index in [1.807, 2.05) is 6.92 Å². The van der Waals surface area contributed by atoms with Gasteiger partial charge in [-0.05, 0) is 40.5 Å². The molecule has 1 aromatic carbocycles. The summed E-state index contributed by atoms with van der Waals surface area (Å²) in [4.78, 5) is 15.1. The Morgan fingerprint density at radius 3 is 2.68 bits per heavy atom. The molecule has 0 atom stereocenters. The number of benzene rings is 1. The Labute approximate surface area is 116 Å². The molecule has 1 N–H and O–H groups in total. The number of rotatable bonds is 5. The van der Waals surface area contributed by atoms with Crippen LogP contribution < -0.4 is 10.2 Å². The summed E-state index contributed by atoms with van der Waals surface area (Å²) in [7, 11) is 0. The Morgan fingerprint density at radius 2 is 2.11 bits per heavy atom. The standard InChI is InChI=1S/C11H11BrF3NO3/c1-7-2-3-9(8(12)4-7)18-5-10(17)16-19-6-11(13,14)15/h2-4H,5-6H2,1H3,(H,16,17). The van der Waals surface area contributed by atoms with Gasteiger partial charge in [0.05, 0.1) is 4.47 Å². The predicted octanol–water partition coefficient (Wildman–Crippen LogP) is 2.75. The number of carbonyl (C=O) groups excluding carboxylic acids is 1. The molecule has 0 fully saturated rings. The highest BCUT2D eigenvalue weighted by atomic mass is 79.9. The van der Waals surface area contributed by atoms with Crippen molar-refractivity contribution in [3.63, 3.8) is 0 Å². The van der Waals surface area contributed by atoms with E-state index in [1.54, 1.807) is 23.7 Å². The summed E-state index contributed by atoms with van der Waals surface area (Å²) in [5, 5.41) is 0. The number of carbonyl (C=O) groups is 1.